The van der Waals surface area contributed by atoms with Crippen LogP contribution in [-0.4, -0.2) is 49.3 Å². The topological polar surface area (TPSA) is 57.4 Å². The lowest BCUT2D eigenvalue weighted by Crippen LogP contribution is -2.29. The number of hydrogen-bond donors (Lipinski definition) is 2. The molecule has 3 rings (SSSR count). The summed E-state index contributed by atoms with van der Waals surface area (Å²) in [5.74, 6) is 0.942. The van der Waals surface area contributed by atoms with Crippen LogP contribution < -0.4 is 5.32 Å². The summed E-state index contributed by atoms with van der Waals surface area (Å²) < 4.78 is 18.5. The van der Waals surface area contributed by atoms with Crippen molar-refractivity contribution in [2.24, 2.45) is 5.92 Å². The van der Waals surface area contributed by atoms with Gasteiger partial charge in [-0.25, -0.2) is 9.18 Å². The second kappa shape index (κ2) is 9.74. The van der Waals surface area contributed by atoms with Crippen LogP contribution in [0.2, 0.25) is 0 Å². The second-order valence-electron chi connectivity index (χ2n) is 7.21. The van der Waals surface area contributed by atoms with Crippen molar-refractivity contribution in [2.45, 2.75) is 39.5 Å². The quantitative estimate of drug-likeness (QED) is 0.633. The predicted molar refractivity (Wildman–Crippen MR) is 108 cm³/mol. The Bertz CT molecular complexity index is 746. The maximum Gasteiger partial charge on any atom is 0.407 e. The molecule has 2 atom stereocenters. The van der Waals surface area contributed by atoms with E-state index >= 15 is 0 Å². The minimum Gasteiger partial charge on any atom is -0.450 e. The summed E-state index contributed by atoms with van der Waals surface area (Å²) in [7, 11) is 2.11. The summed E-state index contributed by atoms with van der Waals surface area (Å²) in [6, 6.07) is 4.92. The van der Waals surface area contributed by atoms with Gasteiger partial charge in [-0.2, -0.15) is 0 Å². The van der Waals surface area contributed by atoms with E-state index in [0.717, 1.165) is 43.3 Å². The Morgan fingerprint density at radius 1 is 1.44 bits per heavy atom. The Morgan fingerprint density at radius 3 is 3.04 bits per heavy atom. The van der Waals surface area contributed by atoms with Gasteiger partial charge in [0.15, 0.2) is 0 Å². The molecule has 1 aliphatic carbocycles. The average Bonchev–Trinajstić information content (AvgIpc) is 3.24. The molecule has 1 amide bonds. The minimum absolute atomic E-state index is 0. The highest BCUT2D eigenvalue weighted by Gasteiger charge is 2.40. The molecule has 0 aliphatic heterocycles. The van der Waals surface area contributed by atoms with Crippen molar-refractivity contribution < 1.29 is 13.9 Å². The third kappa shape index (κ3) is 5.70. The maximum atomic E-state index is 13.5. The van der Waals surface area contributed by atoms with Crippen LogP contribution in [0.5, 0.6) is 0 Å². The molecular weight excluding hydrogens is 345 g/mol. The summed E-state index contributed by atoms with van der Waals surface area (Å²) in [6.45, 7) is 5.02. The largest absolute Gasteiger partial charge is 0.450 e. The van der Waals surface area contributed by atoms with Crippen LogP contribution in [0.3, 0.4) is 0 Å². The smallest absolute Gasteiger partial charge is 0.407 e. The molecule has 27 heavy (non-hydrogen) atoms. The molecule has 0 radical (unpaired) electrons. The molecule has 1 aliphatic rings. The third-order valence-corrected chi connectivity index (χ3v) is 4.97. The molecule has 2 unspecified atom stereocenters. The van der Waals surface area contributed by atoms with Crippen LogP contribution in [0.15, 0.2) is 24.4 Å². The summed E-state index contributed by atoms with van der Waals surface area (Å²) >= 11 is 0. The minimum atomic E-state index is -0.330. The van der Waals surface area contributed by atoms with Gasteiger partial charge in [-0.1, -0.05) is 14.4 Å². The van der Waals surface area contributed by atoms with E-state index in [2.05, 4.69) is 22.2 Å². The first-order valence-electron chi connectivity index (χ1n) is 9.44. The van der Waals surface area contributed by atoms with Gasteiger partial charge in [-0.3, -0.25) is 0 Å². The number of alkyl carbamates (subject to hydrolysis) is 1. The summed E-state index contributed by atoms with van der Waals surface area (Å²) in [6.07, 6.45) is 4.58. The molecule has 0 spiro atoms. The van der Waals surface area contributed by atoms with Gasteiger partial charge in [-0.05, 0) is 68.5 Å². The van der Waals surface area contributed by atoms with Gasteiger partial charge in [0, 0.05) is 30.2 Å². The highest BCUT2D eigenvalue weighted by Crippen LogP contribution is 2.49. The molecule has 2 aromatic rings. The fraction of sp³-hybridized carbons (Fsp3) is 0.571. The molecule has 0 saturated heterocycles. The normalized spacial score (nSPS) is 18.4. The molecule has 0 bridgehead atoms. The van der Waals surface area contributed by atoms with Gasteiger partial charge in [-0.15, -0.1) is 0 Å². The van der Waals surface area contributed by atoms with Crippen molar-refractivity contribution in [3.05, 3.63) is 35.8 Å². The van der Waals surface area contributed by atoms with E-state index < -0.39 is 0 Å². The van der Waals surface area contributed by atoms with Crippen molar-refractivity contribution in [2.75, 3.05) is 33.3 Å². The molecular formula is C21H32FN3O2. The Hall–Kier alpha value is -2.08. The standard InChI is InChI=1S/C20H28FN3O2.CH4/c1-3-9-26-20(25)22-7-4-8-24(2)13-14-10-16(14)18-12-23-19-6-5-15(21)11-17(18)19;/h5-6,11-12,14,16,23H,3-4,7-10,13H2,1-2H3,(H,22,25);1H4. The van der Waals surface area contributed by atoms with E-state index in [0.29, 0.717) is 25.0 Å². The number of carbonyl (C=O) groups is 1. The Balaban J connectivity index is 0.00000261. The number of aromatic nitrogens is 1. The number of aromatic amines is 1. The molecule has 5 nitrogen and oxygen atoms in total. The zero-order valence-electron chi connectivity index (χ0n) is 15.6. The number of fused-ring (bicyclic) bond motifs is 1. The average molecular weight is 378 g/mol. The van der Waals surface area contributed by atoms with Crippen LogP contribution >= 0.6 is 0 Å². The Kier molecular flexibility index (Phi) is 7.66. The number of halogens is 1. The molecule has 1 fully saturated rings. The number of rotatable bonds is 9. The number of carbonyl (C=O) groups excluding carboxylic acids is 1. The molecule has 1 aromatic heterocycles. The first kappa shape index (κ1) is 21.2. The van der Waals surface area contributed by atoms with Crippen molar-refractivity contribution >= 4 is 17.0 Å². The fourth-order valence-electron chi connectivity index (χ4n) is 3.53. The van der Waals surface area contributed by atoms with Crippen LogP contribution in [0.25, 0.3) is 10.9 Å². The predicted octanol–water partition coefficient (Wildman–Crippen LogP) is 4.50. The molecule has 1 aromatic carbocycles. The van der Waals surface area contributed by atoms with Crippen LogP contribution in [-0.2, 0) is 4.74 Å². The molecule has 1 saturated carbocycles. The van der Waals surface area contributed by atoms with Crippen LogP contribution in [0, 0.1) is 11.7 Å². The molecule has 150 valence electrons. The van der Waals surface area contributed by atoms with E-state index in [4.69, 9.17) is 4.74 Å². The highest BCUT2D eigenvalue weighted by atomic mass is 19.1. The lowest BCUT2D eigenvalue weighted by atomic mass is 10.1. The van der Waals surface area contributed by atoms with Crippen molar-refractivity contribution in [3.8, 4) is 0 Å². The highest BCUT2D eigenvalue weighted by molar-refractivity contribution is 5.84. The summed E-state index contributed by atoms with van der Waals surface area (Å²) in [5.41, 5.74) is 2.24. The van der Waals surface area contributed by atoms with Crippen LogP contribution in [0.1, 0.15) is 45.1 Å². The van der Waals surface area contributed by atoms with E-state index in [-0.39, 0.29) is 19.3 Å². The SMILES string of the molecule is C.CCCOC(=O)NCCCN(C)CC1CC1c1c[nH]c2ccc(F)cc12. The Morgan fingerprint density at radius 2 is 2.26 bits per heavy atom. The van der Waals surface area contributed by atoms with E-state index in [1.807, 2.05) is 13.1 Å². The van der Waals surface area contributed by atoms with E-state index in [1.54, 1.807) is 12.1 Å². The van der Waals surface area contributed by atoms with E-state index in [1.165, 1.54) is 11.6 Å². The monoisotopic (exact) mass is 377 g/mol. The van der Waals surface area contributed by atoms with Crippen molar-refractivity contribution in [1.29, 1.82) is 0 Å². The van der Waals surface area contributed by atoms with Crippen molar-refractivity contribution in [1.82, 2.24) is 15.2 Å². The molecule has 2 N–H and O–H groups in total. The number of nitrogens with zero attached hydrogens (tertiary/aromatic N) is 1. The molecule has 6 heteroatoms. The van der Waals surface area contributed by atoms with Gasteiger partial charge in [0.1, 0.15) is 5.82 Å². The summed E-state index contributed by atoms with van der Waals surface area (Å²) in [4.78, 5) is 16.9. The van der Waals surface area contributed by atoms with Gasteiger partial charge >= 0.3 is 6.09 Å². The maximum absolute atomic E-state index is 13.5. The number of amides is 1. The third-order valence-electron chi connectivity index (χ3n) is 4.97. The summed E-state index contributed by atoms with van der Waals surface area (Å²) in [5, 5.41) is 3.78. The van der Waals surface area contributed by atoms with Crippen LogP contribution in [0.4, 0.5) is 9.18 Å². The number of hydrogen-bond acceptors (Lipinski definition) is 3. The first-order chi connectivity index (χ1) is 12.6. The fourth-order valence-corrected chi connectivity index (χ4v) is 3.53. The number of benzene rings is 1. The first-order valence-corrected chi connectivity index (χ1v) is 9.44. The Labute approximate surface area is 161 Å². The zero-order chi connectivity index (χ0) is 18.5. The molecule has 1 heterocycles. The van der Waals surface area contributed by atoms with Gasteiger partial charge in [0.25, 0.3) is 0 Å². The lowest BCUT2D eigenvalue weighted by molar-refractivity contribution is 0.146. The zero-order valence-corrected chi connectivity index (χ0v) is 15.6. The number of ether oxygens (including phenoxy) is 1. The van der Waals surface area contributed by atoms with Gasteiger partial charge in [0.2, 0.25) is 0 Å². The number of nitrogens with one attached hydrogen (secondary N) is 2. The number of H-pyrrole nitrogens is 1. The van der Waals surface area contributed by atoms with Gasteiger partial charge in [0.05, 0.1) is 6.61 Å². The van der Waals surface area contributed by atoms with E-state index in [9.17, 15) is 9.18 Å². The second-order valence-corrected chi connectivity index (χ2v) is 7.21. The van der Waals surface area contributed by atoms with Crippen molar-refractivity contribution in [3.63, 3.8) is 0 Å². The van der Waals surface area contributed by atoms with Gasteiger partial charge < -0.3 is 19.9 Å². The lowest BCUT2D eigenvalue weighted by Gasteiger charge is -2.16.